The lowest BCUT2D eigenvalue weighted by Crippen LogP contribution is -2.39. The topological polar surface area (TPSA) is 123 Å². The number of hydrogen-bond acceptors (Lipinski definition) is 7. The maximum Gasteiger partial charge on any atom is 0.410 e. The summed E-state index contributed by atoms with van der Waals surface area (Å²) in [6.45, 7) is 0.755. The summed E-state index contributed by atoms with van der Waals surface area (Å²) < 4.78 is 48.5. The molecule has 13 heteroatoms. The van der Waals surface area contributed by atoms with Gasteiger partial charge in [0.15, 0.2) is 11.6 Å². The Bertz CT molecular complexity index is 1490. The van der Waals surface area contributed by atoms with Crippen molar-refractivity contribution in [1.82, 2.24) is 29.9 Å². The van der Waals surface area contributed by atoms with Gasteiger partial charge >= 0.3 is 12.1 Å². The van der Waals surface area contributed by atoms with E-state index in [4.69, 9.17) is 9.84 Å². The molecule has 1 N–H and O–H groups in total. The number of aromatic nitrogens is 5. The highest BCUT2D eigenvalue weighted by Crippen LogP contribution is 2.29. The Balaban J connectivity index is 1.25. The van der Waals surface area contributed by atoms with Crippen molar-refractivity contribution in [3.63, 3.8) is 0 Å². The number of fused-ring (bicyclic) bond motifs is 1. The summed E-state index contributed by atoms with van der Waals surface area (Å²) in [7, 11) is 0. The SMILES string of the molecule is O=C(O)c1ccc(-c2cc3nnn(C4CCN(C(=O)OCc5ccc(F)cn5)CC4)c3cn2)c(F)c1F. The van der Waals surface area contributed by atoms with E-state index in [-0.39, 0.29) is 23.9 Å². The Kier molecular flexibility index (Phi) is 6.42. The number of amides is 1. The van der Waals surface area contributed by atoms with Gasteiger partial charge in [-0.2, -0.15) is 0 Å². The lowest BCUT2D eigenvalue weighted by atomic mass is 10.0. The number of hydrogen-bond donors (Lipinski definition) is 1. The third-order valence-electron chi connectivity index (χ3n) is 6.15. The zero-order valence-electron chi connectivity index (χ0n) is 19.1. The van der Waals surface area contributed by atoms with Crippen molar-refractivity contribution in [1.29, 1.82) is 0 Å². The monoisotopic (exact) mass is 512 g/mol. The number of halogens is 3. The van der Waals surface area contributed by atoms with Gasteiger partial charge in [0, 0.05) is 18.7 Å². The van der Waals surface area contributed by atoms with Gasteiger partial charge in [0.1, 0.15) is 23.5 Å². The van der Waals surface area contributed by atoms with E-state index in [1.165, 1.54) is 24.4 Å². The number of carbonyl (C=O) groups excluding carboxylic acids is 1. The molecule has 1 aliphatic heterocycles. The van der Waals surface area contributed by atoms with Gasteiger partial charge in [-0.05, 0) is 43.2 Å². The summed E-state index contributed by atoms with van der Waals surface area (Å²) in [4.78, 5) is 33.1. The average molecular weight is 512 g/mol. The molecule has 0 bridgehead atoms. The second-order valence-electron chi connectivity index (χ2n) is 8.43. The Labute approximate surface area is 207 Å². The Morgan fingerprint density at radius 1 is 1.03 bits per heavy atom. The Morgan fingerprint density at radius 3 is 2.51 bits per heavy atom. The molecule has 4 heterocycles. The van der Waals surface area contributed by atoms with Crippen LogP contribution < -0.4 is 0 Å². The smallest absolute Gasteiger partial charge is 0.410 e. The van der Waals surface area contributed by atoms with Crippen LogP contribution in [0.5, 0.6) is 0 Å². The molecule has 1 saturated heterocycles. The summed E-state index contributed by atoms with van der Waals surface area (Å²) in [5.74, 6) is -4.82. The maximum atomic E-state index is 14.5. The predicted molar refractivity (Wildman–Crippen MR) is 122 cm³/mol. The van der Waals surface area contributed by atoms with Crippen LogP contribution >= 0.6 is 0 Å². The van der Waals surface area contributed by atoms with Crippen LogP contribution in [-0.2, 0) is 11.3 Å². The van der Waals surface area contributed by atoms with Crippen LogP contribution in [0.1, 0.15) is 34.9 Å². The van der Waals surface area contributed by atoms with Crippen LogP contribution in [0.3, 0.4) is 0 Å². The van der Waals surface area contributed by atoms with Gasteiger partial charge in [-0.3, -0.25) is 9.97 Å². The molecule has 1 fully saturated rings. The standard InChI is InChI=1S/C24H19F3N6O4/c25-13-1-2-14(28-10-13)12-37-24(36)32-7-5-15(6-8-32)33-20-11-29-18(9-19(20)30-31-33)16-3-4-17(23(34)35)22(27)21(16)26/h1-4,9-11,15H,5-8,12H2,(H,34,35). The van der Waals surface area contributed by atoms with Crippen molar-refractivity contribution in [3.8, 4) is 11.3 Å². The molecule has 4 aromatic rings. The number of benzene rings is 1. The molecule has 190 valence electrons. The number of carbonyl (C=O) groups is 2. The molecular weight excluding hydrogens is 493 g/mol. The number of likely N-dealkylation sites (tertiary alicyclic amines) is 1. The third kappa shape index (κ3) is 4.79. The van der Waals surface area contributed by atoms with Crippen LogP contribution in [0.2, 0.25) is 0 Å². The number of aromatic carboxylic acids is 1. The van der Waals surface area contributed by atoms with Gasteiger partial charge in [-0.25, -0.2) is 27.4 Å². The van der Waals surface area contributed by atoms with Crippen molar-refractivity contribution in [2.75, 3.05) is 13.1 Å². The molecule has 3 aromatic heterocycles. The van der Waals surface area contributed by atoms with Crippen LogP contribution in [0, 0.1) is 17.5 Å². The molecule has 0 unspecified atom stereocenters. The van der Waals surface area contributed by atoms with Crippen molar-refractivity contribution >= 4 is 23.1 Å². The van der Waals surface area contributed by atoms with Gasteiger partial charge in [0.25, 0.3) is 0 Å². The van der Waals surface area contributed by atoms with Crippen LogP contribution in [-0.4, -0.2) is 60.1 Å². The predicted octanol–water partition coefficient (Wildman–Crippen LogP) is 3.98. The quantitative estimate of drug-likeness (QED) is 0.426. The minimum Gasteiger partial charge on any atom is -0.478 e. The number of carboxylic acid groups (broad SMARTS) is 1. The number of piperidine rings is 1. The average Bonchev–Trinajstić information content (AvgIpc) is 3.33. The fourth-order valence-electron chi connectivity index (χ4n) is 4.18. The van der Waals surface area contributed by atoms with Crippen LogP contribution in [0.4, 0.5) is 18.0 Å². The third-order valence-corrected chi connectivity index (χ3v) is 6.15. The first-order valence-electron chi connectivity index (χ1n) is 11.3. The normalized spacial score (nSPS) is 14.2. The Morgan fingerprint density at radius 2 is 1.81 bits per heavy atom. The number of nitrogens with zero attached hydrogens (tertiary/aromatic N) is 6. The summed E-state index contributed by atoms with van der Waals surface area (Å²) in [5, 5.41) is 17.3. The van der Waals surface area contributed by atoms with Gasteiger partial charge in [0.05, 0.1) is 35.4 Å². The van der Waals surface area contributed by atoms with Crippen molar-refractivity contribution in [2.45, 2.75) is 25.5 Å². The van der Waals surface area contributed by atoms with Gasteiger partial charge in [-0.15, -0.1) is 5.10 Å². The second-order valence-corrected chi connectivity index (χ2v) is 8.43. The molecule has 0 saturated carbocycles. The summed E-state index contributed by atoms with van der Waals surface area (Å²) in [6, 6.07) is 6.19. The molecule has 0 radical (unpaired) electrons. The molecule has 0 spiro atoms. The summed E-state index contributed by atoms with van der Waals surface area (Å²) in [6.07, 6.45) is 3.14. The number of pyridine rings is 2. The van der Waals surface area contributed by atoms with E-state index in [0.717, 1.165) is 18.3 Å². The molecule has 5 rings (SSSR count). The largest absolute Gasteiger partial charge is 0.478 e. The Hall–Kier alpha value is -4.55. The number of rotatable bonds is 5. The molecular formula is C24H19F3N6O4. The first-order valence-corrected chi connectivity index (χ1v) is 11.3. The first kappa shape index (κ1) is 24.2. The van der Waals surface area contributed by atoms with Gasteiger partial charge in [0.2, 0.25) is 0 Å². The molecule has 1 amide bonds. The van der Waals surface area contributed by atoms with Crippen LogP contribution in [0.15, 0.2) is 42.7 Å². The van der Waals surface area contributed by atoms with Crippen molar-refractivity contribution < 1.29 is 32.6 Å². The zero-order chi connectivity index (χ0) is 26.1. The highest BCUT2D eigenvalue weighted by Gasteiger charge is 2.27. The maximum absolute atomic E-state index is 14.5. The lowest BCUT2D eigenvalue weighted by Gasteiger charge is -2.31. The van der Waals surface area contributed by atoms with Crippen molar-refractivity contribution in [3.05, 3.63) is 71.4 Å². The first-order chi connectivity index (χ1) is 17.8. The molecule has 0 aliphatic carbocycles. The highest BCUT2D eigenvalue weighted by atomic mass is 19.2. The summed E-state index contributed by atoms with van der Waals surface area (Å²) in [5.41, 5.74) is 0.542. The molecule has 10 nitrogen and oxygen atoms in total. The zero-order valence-corrected chi connectivity index (χ0v) is 19.1. The van der Waals surface area contributed by atoms with Crippen molar-refractivity contribution in [2.24, 2.45) is 0 Å². The summed E-state index contributed by atoms with van der Waals surface area (Å²) >= 11 is 0. The number of carboxylic acids is 1. The van der Waals surface area contributed by atoms with E-state index < -0.39 is 35.1 Å². The molecule has 1 aromatic carbocycles. The molecule has 0 atom stereocenters. The van der Waals surface area contributed by atoms with Crippen LogP contribution in [0.25, 0.3) is 22.3 Å². The van der Waals surface area contributed by atoms with Gasteiger partial charge in [-0.1, -0.05) is 5.21 Å². The van der Waals surface area contributed by atoms with E-state index >= 15 is 0 Å². The fraction of sp³-hybridized carbons (Fsp3) is 0.250. The van der Waals surface area contributed by atoms with E-state index in [2.05, 4.69) is 20.3 Å². The minimum absolute atomic E-state index is 0.0652. The minimum atomic E-state index is -1.57. The number of ether oxygens (including phenoxy) is 1. The van der Waals surface area contributed by atoms with E-state index in [1.807, 2.05) is 0 Å². The highest BCUT2D eigenvalue weighted by molar-refractivity contribution is 5.89. The van der Waals surface area contributed by atoms with E-state index in [9.17, 15) is 22.8 Å². The van der Waals surface area contributed by atoms with Gasteiger partial charge < -0.3 is 14.7 Å². The molecule has 37 heavy (non-hydrogen) atoms. The second kappa shape index (κ2) is 9.84. The fourth-order valence-corrected chi connectivity index (χ4v) is 4.18. The van der Waals surface area contributed by atoms with E-state index in [1.54, 1.807) is 9.58 Å². The lowest BCUT2D eigenvalue weighted by molar-refractivity contribution is 0.0690. The molecule has 1 aliphatic rings. The van der Waals surface area contributed by atoms with E-state index in [0.29, 0.717) is 42.7 Å².